The number of anilines is 1. The molecular weight excluding hydrogens is 414 g/mol. The van der Waals surface area contributed by atoms with Crippen LogP contribution in [0.3, 0.4) is 0 Å². The molecule has 0 saturated carbocycles. The first-order chi connectivity index (χ1) is 14.4. The second-order valence-corrected chi connectivity index (χ2v) is 8.26. The van der Waals surface area contributed by atoms with Crippen LogP contribution < -0.4 is 14.8 Å². The van der Waals surface area contributed by atoms with Gasteiger partial charge in [0.2, 0.25) is 0 Å². The second-order valence-electron chi connectivity index (χ2n) is 6.53. The summed E-state index contributed by atoms with van der Waals surface area (Å²) in [5.41, 5.74) is 1.68. The number of rotatable bonds is 5. The van der Waals surface area contributed by atoms with Gasteiger partial charge in [-0.3, -0.25) is 8.83 Å². The van der Waals surface area contributed by atoms with Gasteiger partial charge in [0, 0.05) is 6.42 Å². The van der Waals surface area contributed by atoms with Crippen LogP contribution in [-0.2, 0) is 27.8 Å². The van der Waals surface area contributed by atoms with Crippen LogP contribution in [0.5, 0.6) is 6.01 Å². The van der Waals surface area contributed by atoms with Crippen molar-refractivity contribution in [1.82, 2.24) is 10.1 Å². The van der Waals surface area contributed by atoms with Crippen molar-refractivity contribution in [3.8, 4) is 6.01 Å². The highest BCUT2D eigenvalue weighted by Crippen LogP contribution is 2.31. The third kappa shape index (κ3) is 4.06. The SMILES string of the molecule is O=C(OCc1ccccc1)S(=O)(=O)N1C[C@H](Oc2noc(=O)[nH]2)Cc2ccccc21. The summed E-state index contributed by atoms with van der Waals surface area (Å²) < 4.78 is 41.9. The van der Waals surface area contributed by atoms with E-state index in [9.17, 15) is 18.0 Å². The molecule has 3 aromatic rings. The summed E-state index contributed by atoms with van der Waals surface area (Å²) in [7, 11) is -4.49. The second kappa shape index (κ2) is 8.03. The predicted octanol–water partition coefficient (Wildman–Crippen LogP) is 1.84. The van der Waals surface area contributed by atoms with E-state index in [-0.39, 0.29) is 19.2 Å². The van der Waals surface area contributed by atoms with Crippen molar-refractivity contribution in [2.75, 3.05) is 10.8 Å². The molecule has 0 saturated heterocycles. The summed E-state index contributed by atoms with van der Waals surface area (Å²) in [6, 6.07) is 15.3. The third-order valence-corrected chi connectivity index (χ3v) is 5.94. The van der Waals surface area contributed by atoms with E-state index in [1.165, 1.54) is 0 Å². The molecule has 1 aromatic heterocycles. The smallest absolute Gasteiger partial charge is 0.445 e. The van der Waals surface area contributed by atoms with Crippen LogP contribution in [0.1, 0.15) is 11.1 Å². The van der Waals surface area contributed by atoms with E-state index in [1.807, 2.05) is 0 Å². The van der Waals surface area contributed by atoms with Gasteiger partial charge in [-0.25, -0.2) is 14.6 Å². The number of sulfonamides is 1. The van der Waals surface area contributed by atoms with Crippen molar-refractivity contribution in [3.63, 3.8) is 0 Å². The lowest BCUT2D eigenvalue weighted by Crippen LogP contribution is -2.47. The summed E-state index contributed by atoms with van der Waals surface area (Å²) in [4.78, 5) is 25.8. The average Bonchev–Trinajstić information content (AvgIpc) is 3.16. The number of benzene rings is 2. The molecule has 156 valence electrons. The molecule has 1 aliphatic rings. The minimum atomic E-state index is -4.49. The van der Waals surface area contributed by atoms with Gasteiger partial charge in [-0.2, -0.15) is 8.42 Å². The fourth-order valence-corrected chi connectivity index (χ4v) is 4.32. The Morgan fingerprint density at radius 1 is 1.17 bits per heavy atom. The quantitative estimate of drug-likeness (QED) is 0.605. The molecule has 1 N–H and O–H groups in total. The summed E-state index contributed by atoms with van der Waals surface area (Å²) >= 11 is 0. The van der Waals surface area contributed by atoms with E-state index < -0.39 is 27.2 Å². The van der Waals surface area contributed by atoms with Gasteiger partial charge in [0.05, 0.1) is 12.2 Å². The van der Waals surface area contributed by atoms with Gasteiger partial charge in [-0.05, 0) is 22.3 Å². The molecule has 2 heterocycles. The van der Waals surface area contributed by atoms with Crippen molar-refractivity contribution >= 4 is 21.0 Å². The lowest BCUT2D eigenvalue weighted by Gasteiger charge is -2.33. The van der Waals surface area contributed by atoms with E-state index >= 15 is 0 Å². The highest BCUT2D eigenvalue weighted by molar-refractivity contribution is 8.06. The van der Waals surface area contributed by atoms with Crippen LogP contribution in [0, 0.1) is 0 Å². The van der Waals surface area contributed by atoms with Crippen molar-refractivity contribution in [2.24, 2.45) is 0 Å². The summed E-state index contributed by atoms with van der Waals surface area (Å²) in [5.74, 6) is -0.796. The van der Waals surface area contributed by atoms with Gasteiger partial charge in [-0.1, -0.05) is 48.5 Å². The highest BCUT2D eigenvalue weighted by atomic mass is 32.2. The molecule has 0 spiro atoms. The normalized spacial score (nSPS) is 16.0. The lowest BCUT2D eigenvalue weighted by molar-refractivity contribution is 0.164. The van der Waals surface area contributed by atoms with Gasteiger partial charge >= 0.3 is 27.1 Å². The topological polar surface area (TPSA) is 132 Å². The van der Waals surface area contributed by atoms with E-state index in [1.54, 1.807) is 54.6 Å². The minimum absolute atomic E-state index is 0.172. The molecule has 0 amide bonds. The molecular formula is C19H17N3O7S. The molecule has 0 radical (unpaired) electrons. The Labute approximate surface area is 171 Å². The van der Waals surface area contributed by atoms with Crippen molar-refractivity contribution in [1.29, 1.82) is 0 Å². The molecule has 0 bridgehead atoms. The number of para-hydroxylation sites is 1. The molecule has 1 aliphatic heterocycles. The number of aromatic amines is 1. The lowest BCUT2D eigenvalue weighted by atomic mass is 10.0. The number of nitrogens with zero attached hydrogens (tertiary/aromatic N) is 2. The number of hydrogen-bond acceptors (Lipinski definition) is 8. The zero-order chi connectivity index (χ0) is 21.1. The number of hydrogen-bond donors (Lipinski definition) is 1. The fraction of sp³-hybridized carbons (Fsp3) is 0.211. The fourth-order valence-electron chi connectivity index (χ4n) is 3.13. The van der Waals surface area contributed by atoms with E-state index in [2.05, 4.69) is 14.7 Å². The summed E-state index contributed by atoms with van der Waals surface area (Å²) in [6.45, 7) is -0.344. The van der Waals surface area contributed by atoms with E-state index in [4.69, 9.17) is 9.47 Å². The van der Waals surface area contributed by atoms with E-state index in [0.29, 0.717) is 23.2 Å². The van der Waals surface area contributed by atoms with Crippen LogP contribution in [0.15, 0.2) is 63.9 Å². The zero-order valence-electron chi connectivity index (χ0n) is 15.6. The van der Waals surface area contributed by atoms with Gasteiger partial charge in [0.1, 0.15) is 12.7 Å². The largest absolute Gasteiger partial charge is 0.457 e. The van der Waals surface area contributed by atoms with Crippen molar-refractivity contribution < 1.29 is 27.2 Å². The highest BCUT2D eigenvalue weighted by Gasteiger charge is 2.39. The van der Waals surface area contributed by atoms with Gasteiger partial charge in [0.25, 0.3) is 0 Å². The first-order valence-electron chi connectivity index (χ1n) is 8.97. The molecule has 2 aromatic carbocycles. The van der Waals surface area contributed by atoms with Crippen LogP contribution >= 0.6 is 0 Å². The number of fused-ring (bicyclic) bond motifs is 1. The van der Waals surface area contributed by atoms with Crippen LogP contribution in [-0.4, -0.2) is 36.5 Å². The first-order valence-corrected chi connectivity index (χ1v) is 10.4. The number of nitrogens with one attached hydrogen (secondary N) is 1. The summed E-state index contributed by atoms with van der Waals surface area (Å²) in [5, 5.41) is 2.06. The number of carbonyl (C=O) groups is 1. The Kier molecular flexibility index (Phi) is 5.27. The average molecular weight is 431 g/mol. The molecule has 0 fully saturated rings. The Bertz CT molecular complexity index is 1200. The maximum atomic E-state index is 13.0. The monoisotopic (exact) mass is 431 g/mol. The number of H-pyrrole nitrogens is 1. The molecule has 30 heavy (non-hydrogen) atoms. The Balaban J connectivity index is 1.56. The molecule has 10 nitrogen and oxygen atoms in total. The van der Waals surface area contributed by atoms with Crippen molar-refractivity contribution in [2.45, 2.75) is 19.1 Å². The van der Waals surface area contributed by atoms with Crippen LogP contribution in [0.4, 0.5) is 10.5 Å². The molecule has 11 heteroatoms. The van der Waals surface area contributed by atoms with E-state index in [0.717, 1.165) is 4.31 Å². The predicted molar refractivity (Wildman–Crippen MR) is 105 cm³/mol. The summed E-state index contributed by atoms with van der Waals surface area (Å²) in [6.07, 6.45) is -0.367. The van der Waals surface area contributed by atoms with Gasteiger partial charge < -0.3 is 9.47 Å². The standard InChI is InChI=1S/C19H17N3O7S/c23-18-20-17(21-29-18)28-15-10-14-8-4-5-9-16(14)22(11-15)30(25,26)19(24)27-12-13-6-2-1-3-7-13/h1-9,15H,10-12H2,(H,20,21,23)/t15-/m1/s1. The number of ether oxygens (including phenoxy) is 2. The first kappa shape index (κ1) is 19.7. The maximum Gasteiger partial charge on any atom is 0.445 e. The van der Waals surface area contributed by atoms with Gasteiger partial charge in [0.15, 0.2) is 0 Å². The minimum Gasteiger partial charge on any atom is -0.457 e. The van der Waals surface area contributed by atoms with Crippen LogP contribution in [0.25, 0.3) is 0 Å². The molecule has 0 unspecified atom stereocenters. The molecule has 4 rings (SSSR count). The maximum absolute atomic E-state index is 13.0. The number of carbonyl (C=O) groups excluding carboxylic acids is 1. The Morgan fingerprint density at radius 3 is 2.63 bits per heavy atom. The molecule has 0 aliphatic carbocycles. The molecule has 1 atom stereocenters. The van der Waals surface area contributed by atoms with Crippen LogP contribution in [0.2, 0.25) is 0 Å². The zero-order valence-corrected chi connectivity index (χ0v) is 16.4. The third-order valence-electron chi connectivity index (χ3n) is 4.48. The number of aromatic nitrogens is 2. The van der Waals surface area contributed by atoms with Gasteiger partial charge in [-0.15, -0.1) is 0 Å². The Hall–Kier alpha value is -3.60. The van der Waals surface area contributed by atoms with Crippen molar-refractivity contribution in [3.05, 3.63) is 76.3 Å². The Morgan fingerprint density at radius 2 is 1.90 bits per heavy atom.